The van der Waals surface area contributed by atoms with E-state index in [-0.39, 0.29) is 25.0 Å². The number of urea groups is 1. The average molecular weight is 284 g/mol. The van der Waals surface area contributed by atoms with E-state index >= 15 is 0 Å². The highest BCUT2D eigenvalue weighted by molar-refractivity contribution is 7.12. The van der Waals surface area contributed by atoms with Gasteiger partial charge in [-0.15, -0.1) is 11.3 Å². The van der Waals surface area contributed by atoms with E-state index in [0.717, 1.165) is 4.88 Å². The molecule has 1 heterocycles. The highest BCUT2D eigenvalue weighted by Crippen LogP contribution is 2.22. The minimum atomic E-state index is -0.895. The van der Waals surface area contributed by atoms with Gasteiger partial charge in [0.2, 0.25) is 0 Å². The van der Waals surface area contributed by atoms with E-state index < -0.39 is 5.97 Å². The van der Waals surface area contributed by atoms with Crippen LogP contribution in [0.4, 0.5) is 4.79 Å². The molecule has 0 fully saturated rings. The van der Waals surface area contributed by atoms with Crippen molar-refractivity contribution in [3.05, 3.63) is 21.9 Å². The van der Waals surface area contributed by atoms with Crippen LogP contribution in [0.3, 0.4) is 0 Å². The zero-order valence-electron chi connectivity index (χ0n) is 11.5. The maximum atomic E-state index is 12.0. The van der Waals surface area contributed by atoms with Crippen molar-refractivity contribution in [1.82, 2.24) is 10.2 Å². The predicted octanol–water partition coefficient (Wildman–Crippen LogP) is 2.62. The Balaban J connectivity index is 2.54. The molecule has 6 heteroatoms. The molecule has 1 aromatic rings. The number of aliphatic carboxylic acids is 1. The van der Waals surface area contributed by atoms with Gasteiger partial charge in [-0.2, -0.15) is 0 Å². The first kappa shape index (κ1) is 15.5. The zero-order chi connectivity index (χ0) is 14.4. The van der Waals surface area contributed by atoms with Gasteiger partial charge in [0.25, 0.3) is 0 Å². The molecule has 0 radical (unpaired) electrons. The lowest BCUT2D eigenvalue weighted by atomic mass is 10.3. The van der Waals surface area contributed by atoms with Crippen LogP contribution >= 0.6 is 11.3 Å². The zero-order valence-corrected chi connectivity index (χ0v) is 12.3. The molecule has 0 aliphatic heterocycles. The van der Waals surface area contributed by atoms with Gasteiger partial charge in [0.15, 0.2) is 0 Å². The number of nitrogens with zero attached hydrogens (tertiary/aromatic N) is 1. The topological polar surface area (TPSA) is 69.6 Å². The maximum absolute atomic E-state index is 12.0. The van der Waals surface area contributed by atoms with Crippen LogP contribution in [0.25, 0.3) is 0 Å². The van der Waals surface area contributed by atoms with E-state index in [1.54, 1.807) is 11.3 Å². The Morgan fingerprint density at radius 1 is 1.47 bits per heavy atom. The number of carboxylic acid groups (broad SMARTS) is 1. The molecule has 0 saturated heterocycles. The van der Waals surface area contributed by atoms with E-state index in [9.17, 15) is 9.59 Å². The van der Waals surface area contributed by atoms with Crippen molar-refractivity contribution < 1.29 is 14.7 Å². The number of amides is 2. The van der Waals surface area contributed by atoms with Gasteiger partial charge in [0.05, 0.1) is 12.5 Å². The van der Waals surface area contributed by atoms with Gasteiger partial charge in [-0.1, -0.05) is 0 Å². The van der Waals surface area contributed by atoms with Crippen LogP contribution in [0.1, 0.15) is 36.1 Å². The first-order chi connectivity index (χ1) is 8.93. The highest BCUT2D eigenvalue weighted by Gasteiger charge is 2.16. The first-order valence-corrected chi connectivity index (χ1v) is 7.09. The second-order valence-electron chi connectivity index (χ2n) is 4.34. The molecule has 106 valence electrons. The fourth-order valence-corrected chi connectivity index (χ4v) is 2.55. The molecule has 1 rings (SSSR count). The Morgan fingerprint density at radius 3 is 2.63 bits per heavy atom. The molecular formula is C13H20N2O3S. The van der Waals surface area contributed by atoms with Crippen LogP contribution in [0.2, 0.25) is 0 Å². The van der Waals surface area contributed by atoms with Crippen molar-refractivity contribution in [2.45, 2.75) is 33.2 Å². The first-order valence-electron chi connectivity index (χ1n) is 6.27. The molecule has 0 bridgehead atoms. The van der Waals surface area contributed by atoms with Crippen molar-refractivity contribution in [2.24, 2.45) is 0 Å². The quantitative estimate of drug-likeness (QED) is 0.843. The van der Waals surface area contributed by atoms with Crippen molar-refractivity contribution in [3.8, 4) is 0 Å². The summed E-state index contributed by atoms with van der Waals surface area (Å²) < 4.78 is 0. The third-order valence-corrected chi connectivity index (χ3v) is 3.98. The molecule has 0 aromatic carbocycles. The molecule has 19 heavy (non-hydrogen) atoms. The van der Waals surface area contributed by atoms with E-state index in [2.05, 4.69) is 5.32 Å². The highest BCUT2D eigenvalue weighted by atomic mass is 32.1. The van der Waals surface area contributed by atoms with Gasteiger partial charge in [-0.25, -0.2) is 4.79 Å². The predicted molar refractivity (Wildman–Crippen MR) is 75.5 cm³/mol. The molecule has 1 atom stereocenters. The lowest BCUT2D eigenvalue weighted by Gasteiger charge is -2.23. The number of hydrogen-bond donors (Lipinski definition) is 2. The second-order valence-corrected chi connectivity index (χ2v) is 5.66. The normalized spacial score (nSPS) is 11.9. The molecule has 5 nitrogen and oxygen atoms in total. The summed E-state index contributed by atoms with van der Waals surface area (Å²) in [5.41, 5.74) is 0. The van der Waals surface area contributed by atoms with Crippen LogP contribution in [0.15, 0.2) is 12.1 Å². The summed E-state index contributed by atoms with van der Waals surface area (Å²) in [6.07, 6.45) is -0.0340. The van der Waals surface area contributed by atoms with Crippen LogP contribution in [-0.4, -0.2) is 35.1 Å². The van der Waals surface area contributed by atoms with Crippen LogP contribution in [-0.2, 0) is 4.79 Å². The minimum Gasteiger partial charge on any atom is -0.481 e. The largest absolute Gasteiger partial charge is 0.481 e. The fraction of sp³-hybridized carbons (Fsp3) is 0.538. The summed E-state index contributed by atoms with van der Waals surface area (Å²) in [7, 11) is 0. The molecule has 0 saturated carbocycles. The smallest absolute Gasteiger partial charge is 0.317 e. The Morgan fingerprint density at radius 2 is 2.16 bits per heavy atom. The van der Waals surface area contributed by atoms with Gasteiger partial charge < -0.3 is 15.3 Å². The molecule has 2 N–H and O–H groups in total. The van der Waals surface area contributed by atoms with E-state index in [4.69, 9.17) is 5.11 Å². The molecule has 1 unspecified atom stereocenters. The molecule has 1 aromatic heterocycles. The standard InChI is InChI=1S/C13H20N2O3S/c1-4-15(8-7-12(16)17)13(18)14-10(3)11-6-5-9(2)19-11/h5-6,10H,4,7-8H2,1-3H3,(H,14,18)(H,16,17). The summed E-state index contributed by atoms with van der Waals surface area (Å²) in [5.74, 6) is -0.895. The maximum Gasteiger partial charge on any atom is 0.317 e. The van der Waals surface area contributed by atoms with Gasteiger partial charge >= 0.3 is 12.0 Å². The van der Waals surface area contributed by atoms with Crippen molar-refractivity contribution >= 4 is 23.3 Å². The third kappa shape index (κ3) is 4.90. The Hall–Kier alpha value is -1.56. The molecular weight excluding hydrogens is 264 g/mol. The molecule has 0 aliphatic carbocycles. The van der Waals surface area contributed by atoms with Crippen LogP contribution in [0, 0.1) is 6.92 Å². The van der Waals surface area contributed by atoms with E-state index in [1.807, 2.05) is 32.9 Å². The summed E-state index contributed by atoms with van der Waals surface area (Å²) in [4.78, 5) is 26.3. The van der Waals surface area contributed by atoms with Gasteiger partial charge in [0, 0.05) is 22.8 Å². The molecule has 0 aliphatic rings. The number of nitrogens with one attached hydrogen (secondary N) is 1. The number of carbonyl (C=O) groups is 2. The fourth-order valence-electron chi connectivity index (χ4n) is 1.67. The number of hydrogen-bond acceptors (Lipinski definition) is 3. The Labute approximate surface area is 117 Å². The number of carboxylic acids is 1. The van der Waals surface area contributed by atoms with Gasteiger partial charge in [-0.05, 0) is 32.9 Å². The number of carbonyl (C=O) groups excluding carboxylic acids is 1. The molecule has 2 amide bonds. The van der Waals surface area contributed by atoms with Crippen molar-refractivity contribution in [1.29, 1.82) is 0 Å². The van der Waals surface area contributed by atoms with Gasteiger partial charge in [-0.3, -0.25) is 4.79 Å². The summed E-state index contributed by atoms with van der Waals surface area (Å²) in [6.45, 7) is 6.51. The number of thiophene rings is 1. The Bertz CT molecular complexity index is 445. The van der Waals surface area contributed by atoms with Crippen LogP contribution in [0.5, 0.6) is 0 Å². The van der Waals surface area contributed by atoms with Crippen LogP contribution < -0.4 is 5.32 Å². The summed E-state index contributed by atoms with van der Waals surface area (Å²) >= 11 is 1.65. The van der Waals surface area contributed by atoms with Crippen molar-refractivity contribution in [3.63, 3.8) is 0 Å². The number of aryl methyl sites for hydroxylation is 1. The van der Waals surface area contributed by atoms with Crippen molar-refractivity contribution in [2.75, 3.05) is 13.1 Å². The summed E-state index contributed by atoms with van der Waals surface area (Å²) in [6, 6.07) is 3.73. The minimum absolute atomic E-state index is 0.0340. The third-order valence-electron chi connectivity index (χ3n) is 2.79. The second kappa shape index (κ2) is 7.13. The lowest BCUT2D eigenvalue weighted by molar-refractivity contribution is -0.137. The van der Waals surface area contributed by atoms with E-state index in [0.29, 0.717) is 6.54 Å². The Kier molecular flexibility index (Phi) is 5.82. The van der Waals surface area contributed by atoms with Gasteiger partial charge in [0.1, 0.15) is 0 Å². The average Bonchev–Trinajstić information content (AvgIpc) is 2.76. The molecule has 0 spiro atoms. The summed E-state index contributed by atoms with van der Waals surface area (Å²) in [5, 5.41) is 11.5. The number of rotatable bonds is 6. The monoisotopic (exact) mass is 284 g/mol. The van der Waals surface area contributed by atoms with E-state index in [1.165, 1.54) is 9.78 Å². The lowest BCUT2D eigenvalue weighted by Crippen LogP contribution is -2.41. The SMILES string of the molecule is CCN(CCC(=O)O)C(=O)NC(C)c1ccc(C)s1.